The monoisotopic (exact) mass is 190 g/mol. The van der Waals surface area contributed by atoms with Crippen molar-refractivity contribution >= 4 is 6.02 Å². The fourth-order valence-corrected chi connectivity index (χ4v) is 1.69. The third-order valence-corrected chi connectivity index (χ3v) is 2.34. The van der Waals surface area contributed by atoms with E-state index >= 15 is 0 Å². The highest BCUT2D eigenvalue weighted by atomic mass is 16.5. The zero-order valence-electron chi connectivity index (χ0n) is 8.23. The average molecular weight is 190 g/mol. The molecule has 1 aromatic carbocycles. The third kappa shape index (κ3) is 1.87. The van der Waals surface area contributed by atoms with Gasteiger partial charge in [0.05, 0.1) is 0 Å². The van der Waals surface area contributed by atoms with Crippen LogP contribution in [0.3, 0.4) is 0 Å². The molecule has 0 fully saturated rings. The van der Waals surface area contributed by atoms with Gasteiger partial charge in [-0.3, -0.25) is 0 Å². The van der Waals surface area contributed by atoms with Crippen molar-refractivity contribution in [1.82, 2.24) is 0 Å². The molecule has 0 aliphatic carbocycles. The second-order valence-corrected chi connectivity index (χ2v) is 3.90. The Labute approximate surface area is 83.6 Å². The number of amidine groups is 1. The Morgan fingerprint density at radius 2 is 2.14 bits per heavy atom. The molecule has 1 atom stereocenters. The maximum Gasteiger partial charge on any atom is 0.282 e. The van der Waals surface area contributed by atoms with Crippen molar-refractivity contribution in [1.29, 1.82) is 0 Å². The average Bonchev–Trinajstić information content (AvgIpc) is 2.47. The predicted octanol–water partition coefficient (Wildman–Crippen LogP) is 1.33. The number of benzene rings is 1. The van der Waals surface area contributed by atoms with E-state index in [2.05, 4.69) is 24.0 Å². The molecule has 74 valence electrons. The lowest BCUT2D eigenvalue weighted by Crippen LogP contribution is -2.26. The Hall–Kier alpha value is -1.51. The van der Waals surface area contributed by atoms with Crippen LogP contribution in [-0.4, -0.2) is 18.2 Å². The Balaban J connectivity index is 2.12. The minimum Gasteiger partial charge on any atom is -0.463 e. The molecule has 14 heavy (non-hydrogen) atoms. The standard InChI is InChI=1S/C11H14N2O/c1-11(8-14-10(12)13-11)7-9-5-3-2-4-6-9/h2-6H,7-8H2,1H3,(H2,12,13)/t11-/m0/s1. The smallest absolute Gasteiger partial charge is 0.282 e. The summed E-state index contributed by atoms with van der Waals surface area (Å²) in [5, 5.41) is 0. The van der Waals surface area contributed by atoms with E-state index in [1.54, 1.807) is 0 Å². The summed E-state index contributed by atoms with van der Waals surface area (Å²) in [7, 11) is 0. The van der Waals surface area contributed by atoms with Crippen LogP contribution in [0, 0.1) is 0 Å². The quantitative estimate of drug-likeness (QED) is 0.764. The van der Waals surface area contributed by atoms with E-state index in [0.29, 0.717) is 12.6 Å². The molecule has 1 heterocycles. The minimum atomic E-state index is -0.189. The number of nitrogens with zero attached hydrogens (tertiary/aromatic N) is 1. The zero-order chi connectivity index (χ0) is 10.0. The Morgan fingerprint density at radius 1 is 1.43 bits per heavy atom. The first-order valence-corrected chi connectivity index (χ1v) is 4.70. The number of hydrogen-bond donors (Lipinski definition) is 1. The third-order valence-electron chi connectivity index (χ3n) is 2.34. The zero-order valence-corrected chi connectivity index (χ0v) is 8.23. The molecule has 0 unspecified atom stereocenters. The van der Waals surface area contributed by atoms with Crippen LogP contribution in [-0.2, 0) is 11.2 Å². The molecular formula is C11H14N2O. The molecule has 2 N–H and O–H groups in total. The summed E-state index contributed by atoms with van der Waals surface area (Å²) in [6.07, 6.45) is 0.870. The van der Waals surface area contributed by atoms with Gasteiger partial charge in [0.1, 0.15) is 12.1 Å². The van der Waals surface area contributed by atoms with Gasteiger partial charge in [-0.25, -0.2) is 4.99 Å². The molecule has 0 saturated heterocycles. The number of nitrogens with two attached hydrogens (primary N) is 1. The minimum absolute atomic E-state index is 0.189. The maximum absolute atomic E-state index is 5.49. The fraction of sp³-hybridized carbons (Fsp3) is 0.364. The summed E-state index contributed by atoms with van der Waals surface area (Å²) in [5.41, 5.74) is 6.56. The van der Waals surface area contributed by atoms with Crippen LogP contribution in [0.2, 0.25) is 0 Å². The van der Waals surface area contributed by atoms with Crippen LogP contribution >= 0.6 is 0 Å². The van der Waals surface area contributed by atoms with Crippen LogP contribution in [0.4, 0.5) is 0 Å². The summed E-state index contributed by atoms with van der Waals surface area (Å²) in [4.78, 5) is 4.29. The number of rotatable bonds is 2. The van der Waals surface area contributed by atoms with Gasteiger partial charge >= 0.3 is 0 Å². The number of hydrogen-bond acceptors (Lipinski definition) is 3. The molecule has 0 radical (unpaired) electrons. The van der Waals surface area contributed by atoms with E-state index < -0.39 is 0 Å². The summed E-state index contributed by atoms with van der Waals surface area (Å²) < 4.78 is 5.17. The van der Waals surface area contributed by atoms with Crippen LogP contribution < -0.4 is 5.73 Å². The van der Waals surface area contributed by atoms with Gasteiger partial charge in [-0.1, -0.05) is 30.3 Å². The predicted molar refractivity (Wildman–Crippen MR) is 56.1 cm³/mol. The lowest BCUT2D eigenvalue weighted by molar-refractivity contribution is 0.263. The maximum atomic E-state index is 5.49. The lowest BCUT2D eigenvalue weighted by Gasteiger charge is -2.17. The van der Waals surface area contributed by atoms with Gasteiger partial charge in [-0.05, 0) is 12.5 Å². The Morgan fingerprint density at radius 3 is 2.71 bits per heavy atom. The van der Waals surface area contributed by atoms with Crippen LogP contribution in [0.5, 0.6) is 0 Å². The van der Waals surface area contributed by atoms with Gasteiger partial charge in [0.2, 0.25) is 0 Å². The van der Waals surface area contributed by atoms with Crippen molar-refractivity contribution in [3.05, 3.63) is 35.9 Å². The van der Waals surface area contributed by atoms with Crippen LogP contribution in [0.25, 0.3) is 0 Å². The summed E-state index contributed by atoms with van der Waals surface area (Å²) in [6, 6.07) is 10.6. The molecule has 3 nitrogen and oxygen atoms in total. The SMILES string of the molecule is C[C@]1(Cc2ccccc2)COC(N)=N1. The second kappa shape index (κ2) is 3.33. The first kappa shape index (κ1) is 9.06. The van der Waals surface area contributed by atoms with E-state index in [1.165, 1.54) is 5.56 Å². The molecule has 3 heteroatoms. The Bertz CT molecular complexity index is 348. The Kier molecular flexibility index (Phi) is 2.15. The summed E-state index contributed by atoms with van der Waals surface area (Å²) in [5.74, 6) is 0. The fourth-order valence-electron chi connectivity index (χ4n) is 1.69. The van der Waals surface area contributed by atoms with Crippen molar-refractivity contribution in [2.45, 2.75) is 18.9 Å². The highest BCUT2D eigenvalue weighted by molar-refractivity contribution is 5.73. The van der Waals surface area contributed by atoms with Gasteiger partial charge in [-0.2, -0.15) is 0 Å². The van der Waals surface area contributed by atoms with Crippen LogP contribution in [0.15, 0.2) is 35.3 Å². The molecule has 1 aliphatic rings. The topological polar surface area (TPSA) is 47.6 Å². The van der Waals surface area contributed by atoms with Crippen molar-refractivity contribution < 1.29 is 4.74 Å². The molecule has 2 rings (SSSR count). The molecule has 0 amide bonds. The van der Waals surface area contributed by atoms with Gasteiger partial charge in [0, 0.05) is 6.42 Å². The molecule has 0 aromatic heterocycles. The molecule has 0 spiro atoms. The van der Waals surface area contributed by atoms with E-state index in [9.17, 15) is 0 Å². The molecular weight excluding hydrogens is 176 g/mol. The van der Waals surface area contributed by atoms with Gasteiger partial charge in [-0.15, -0.1) is 0 Å². The normalized spacial score (nSPS) is 25.6. The van der Waals surface area contributed by atoms with Crippen molar-refractivity contribution in [3.8, 4) is 0 Å². The summed E-state index contributed by atoms with van der Waals surface area (Å²) >= 11 is 0. The van der Waals surface area contributed by atoms with Crippen LogP contribution in [0.1, 0.15) is 12.5 Å². The molecule has 1 aromatic rings. The molecule has 0 bridgehead atoms. The lowest BCUT2D eigenvalue weighted by atomic mass is 9.95. The van der Waals surface area contributed by atoms with Crippen molar-refractivity contribution in [2.75, 3.05) is 6.61 Å². The van der Waals surface area contributed by atoms with E-state index in [4.69, 9.17) is 10.5 Å². The highest BCUT2D eigenvalue weighted by Gasteiger charge is 2.30. The second-order valence-electron chi connectivity index (χ2n) is 3.90. The molecule has 0 saturated carbocycles. The highest BCUT2D eigenvalue weighted by Crippen LogP contribution is 2.22. The van der Waals surface area contributed by atoms with E-state index in [-0.39, 0.29) is 5.54 Å². The van der Waals surface area contributed by atoms with E-state index in [0.717, 1.165) is 6.42 Å². The summed E-state index contributed by atoms with van der Waals surface area (Å²) in [6.45, 7) is 2.63. The molecule has 1 aliphatic heterocycles. The first-order chi connectivity index (χ1) is 6.68. The van der Waals surface area contributed by atoms with Crippen molar-refractivity contribution in [3.63, 3.8) is 0 Å². The van der Waals surface area contributed by atoms with E-state index in [1.807, 2.05) is 18.2 Å². The van der Waals surface area contributed by atoms with Crippen molar-refractivity contribution in [2.24, 2.45) is 10.7 Å². The van der Waals surface area contributed by atoms with Gasteiger partial charge in [0.15, 0.2) is 0 Å². The number of ether oxygens (including phenoxy) is 1. The number of aliphatic imine (C=N–C) groups is 1. The van der Waals surface area contributed by atoms with Gasteiger partial charge in [0.25, 0.3) is 6.02 Å². The van der Waals surface area contributed by atoms with Gasteiger partial charge < -0.3 is 10.5 Å². The largest absolute Gasteiger partial charge is 0.463 e. The first-order valence-electron chi connectivity index (χ1n) is 4.70.